The number of nitrogens with two attached hydrogens (primary N) is 1. The maximum atomic E-state index is 12.7. The molecule has 1 aliphatic heterocycles. The van der Waals surface area contributed by atoms with Crippen molar-refractivity contribution in [3.63, 3.8) is 0 Å². The van der Waals surface area contributed by atoms with Crippen molar-refractivity contribution in [1.29, 1.82) is 0 Å². The van der Waals surface area contributed by atoms with E-state index in [1.54, 1.807) is 0 Å². The smallest absolute Gasteiger partial charge is 0.230 e. The Morgan fingerprint density at radius 1 is 1.19 bits per heavy atom. The molecule has 1 fully saturated rings. The predicted octanol–water partition coefficient (Wildman–Crippen LogP) is 1.67. The number of hydrogen-bond donors (Lipinski definition) is 1. The number of carbonyl (C=O) groups is 1. The Bertz CT molecular complexity index is 427. The summed E-state index contributed by atoms with van der Waals surface area (Å²) in [7, 11) is 0. The van der Waals surface area contributed by atoms with Crippen LogP contribution in [-0.4, -0.2) is 55.0 Å². The van der Waals surface area contributed by atoms with Crippen LogP contribution in [0.15, 0.2) is 30.3 Å². The van der Waals surface area contributed by atoms with Crippen LogP contribution in [0.5, 0.6) is 0 Å². The molecular formula is C17H27N3O. The van der Waals surface area contributed by atoms with Crippen molar-refractivity contribution in [2.75, 3.05) is 39.3 Å². The van der Waals surface area contributed by atoms with Crippen LogP contribution in [0.3, 0.4) is 0 Å². The molecule has 1 aromatic carbocycles. The summed E-state index contributed by atoms with van der Waals surface area (Å²) in [6, 6.07) is 10.1. The van der Waals surface area contributed by atoms with E-state index < -0.39 is 0 Å². The zero-order chi connectivity index (χ0) is 15.1. The molecule has 1 atom stereocenters. The van der Waals surface area contributed by atoms with Crippen molar-refractivity contribution < 1.29 is 4.79 Å². The molecule has 4 nitrogen and oxygen atoms in total. The van der Waals surface area contributed by atoms with Crippen molar-refractivity contribution in [2.24, 2.45) is 5.73 Å². The topological polar surface area (TPSA) is 49.6 Å². The zero-order valence-electron chi connectivity index (χ0n) is 13.0. The van der Waals surface area contributed by atoms with E-state index in [1.807, 2.05) is 23.1 Å². The molecule has 1 amide bonds. The fourth-order valence-electron chi connectivity index (χ4n) is 2.97. The van der Waals surface area contributed by atoms with Gasteiger partial charge in [-0.25, -0.2) is 0 Å². The third-order valence-electron chi connectivity index (χ3n) is 4.27. The number of nitrogens with zero attached hydrogens (tertiary/aromatic N) is 2. The van der Waals surface area contributed by atoms with Gasteiger partial charge in [0.05, 0.1) is 5.92 Å². The van der Waals surface area contributed by atoms with Gasteiger partial charge in [0.15, 0.2) is 0 Å². The SMILES string of the molecule is CCC(C(=O)N1CCN(CCCN)CC1)c1ccccc1. The van der Waals surface area contributed by atoms with Crippen LogP contribution < -0.4 is 5.73 Å². The van der Waals surface area contributed by atoms with Gasteiger partial charge in [0.2, 0.25) is 5.91 Å². The molecule has 0 spiro atoms. The Balaban J connectivity index is 1.91. The molecule has 1 heterocycles. The van der Waals surface area contributed by atoms with E-state index in [9.17, 15) is 4.79 Å². The van der Waals surface area contributed by atoms with Crippen LogP contribution in [0.25, 0.3) is 0 Å². The van der Waals surface area contributed by atoms with Gasteiger partial charge in [0, 0.05) is 26.2 Å². The number of carbonyl (C=O) groups excluding carboxylic acids is 1. The number of amides is 1. The maximum Gasteiger partial charge on any atom is 0.230 e. The van der Waals surface area contributed by atoms with E-state index >= 15 is 0 Å². The van der Waals surface area contributed by atoms with E-state index in [2.05, 4.69) is 24.0 Å². The highest BCUT2D eigenvalue weighted by atomic mass is 16.2. The lowest BCUT2D eigenvalue weighted by molar-refractivity contribution is -0.134. The Morgan fingerprint density at radius 3 is 2.43 bits per heavy atom. The Hall–Kier alpha value is -1.39. The van der Waals surface area contributed by atoms with Gasteiger partial charge in [0.25, 0.3) is 0 Å². The normalized spacial score (nSPS) is 17.7. The molecule has 1 saturated heterocycles. The Kier molecular flexibility index (Phi) is 6.21. The summed E-state index contributed by atoms with van der Waals surface area (Å²) in [5, 5.41) is 0. The van der Waals surface area contributed by atoms with Crippen molar-refractivity contribution >= 4 is 5.91 Å². The molecule has 21 heavy (non-hydrogen) atoms. The van der Waals surface area contributed by atoms with Crippen LogP contribution in [0, 0.1) is 0 Å². The first-order valence-corrected chi connectivity index (χ1v) is 8.02. The average molecular weight is 289 g/mol. The van der Waals surface area contributed by atoms with Crippen LogP contribution in [0.1, 0.15) is 31.2 Å². The van der Waals surface area contributed by atoms with Gasteiger partial charge >= 0.3 is 0 Å². The first-order valence-electron chi connectivity index (χ1n) is 8.02. The monoisotopic (exact) mass is 289 g/mol. The number of rotatable bonds is 6. The molecule has 1 aliphatic rings. The lowest BCUT2D eigenvalue weighted by atomic mass is 9.95. The molecule has 2 N–H and O–H groups in total. The average Bonchev–Trinajstić information content (AvgIpc) is 2.55. The second-order valence-electron chi connectivity index (χ2n) is 5.68. The minimum atomic E-state index is 0.00166. The quantitative estimate of drug-likeness (QED) is 0.867. The molecule has 0 saturated carbocycles. The third kappa shape index (κ3) is 4.29. The van der Waals surface area contributed by atoms with Crippen molar-refractivity contribution in [1.82, 2.24) is 9.80 Å². The first-order chi connectivity index (χ1) is 10.3. The zero-order valence-corrected chi connectivity index (χ0v) is 13.0. The fraction of sp³-hybridized carbons (Fsp3) is 0.588. The highest BCUT2D eigenvalue weighted by Gasteiger charge is 2.27. The van der Waals surface area contributed by atoms with Gasteiger partial charge in [-0.1, -0.05) is 37.3 Å². The number of benzene rings is 1. The Labute approximate surface area is 127 Å². The van der Waals surface area contributed by atoms with Crippen LogP contribution in [0.4, 0.5) is 0 Å². The summed E-state index contributed by atoms with van der Waals surface area (Å²) >= 11 is 0. The summed E-state index contributed by atoms with van der Waals surface area (Å²) in [5.41, 5.74) is 6.69. The van der Waals surface area contributed by atoms with Crippen molar-refractivity contribution in [3.05, 3.63) is 35.9 Å². The van der Waals surface area contributed by atoms with Crippen LogP contribution in [-0.2, 0) is 4.79 Å². The summed E-state index contributed by atoms with van der Waals surface area (Å²) in [4.78, 5) is 17.2. The van der Waals surface area contributed by atoms with E-state index in [4.69, 9.17) is 5.73 Å². The molecule has 1 aromatic rings. The summed E-state index contributed by atoms with van der Waals surface area (Å²) in [6.07, 6.45) is 1.89. The lowest BCUT2D eigenvalue weighted by Crippen LogP contribution is -2.50. The molecule has 2 rings (SSSR count). The van der Waals surface area contributed by atoms with Gasteiger partial charge in [-0.05, 0) is 31.5 Å². The summed E-state index contributed by atoms with van der Waals surface area (Å²) in [5.74, 6) is 0.281. The molecule has 0 bridgehead atoms. The van der Waals surface area contributed by atoms with Gasteiger partial charge in [-0.3, -0.25) is 9.69 Å². The largest absolute Gasteiger partial charge is 0.340 e. The molecule has 4 heteroatoms. The second-order valence-corrected chi connectivity index (χ2v) is 5.68. The van der Waals surface area contributed by atoms with Gasteiger partial charge in [-0.15, -0.1) is 0 Å². The van der Waals surface area contributed by atoms with E-state index in [0.717, 1.165) is 57.7 Å². The highest BCUT2D eigenvalue weighted by molar-refractivity contribution is 5.83. The van der Waals surface area contributed by atoms with E-state index in [1.165, 1.54) is 0 Å². The maximum absolute atomic E-state index is 12.7. The Morgan fingerprint density at radius 2 is 1.86 bits per heavy atom. The van der Waals surface area contributed by atoms with E-state index in [0.29, 0.717) is 0 Å². The second kappa shape index (κ2) is 8.15. The van der Waals surface area contributed by atoms with Crippen LogP contribution >= 0.6 is 0 Å². The molecule has 1 unspecified atom stereocenters. The number of hydrogen-bond acceptors (Lipinski definition) is 3. The highest BCUT2D eigenvalue weighted by Crippen LogP contribution is 2.22. The number of piperazine rings is 1. The van der Waals surface area contributed by atoms with Gasteiger partial charge in [-0.2, -0.15) is 0 Å². The van der Waals surface area contributed by atoms with Crippen molar-refractivity contribution in [2.45, 2.75) is 25.7 Å². The molecule has 0 aliphatic carbocycles. The van der Waals surface area contributed by atoms with E-state index in [-0.39, 0.29) is 11.8 Å². The summed E-state index contributed by atoms with van der Waals surface area (Å²) < 4.78 is 0. The first kappa shape index (κ1) is 16.0. The molecular weight excluding hydrogens is 262 g/mol. The summed E-state index contributed by atoms with van der Waals surface area (Å²) in [6.45, 7) is 7.50. The minimum absolute atomic E-state index is 0.00166. The predicted molar refractivity (Wildman–Crippen MR) is 86.2 cm³/mol. The molecule has 0 aromatic heterocycles. The third-order valence-corrected chi connectivity index (χ3v) is 4.27. The van der Waals surface area contributed by atoms with Crippen molar-refractivity contribution in [3.8, 4) is 0 Å². The van der Waals surface area contributed by atoms with Gasteiger partial charge < -0.3 is 10.6 Å². The lowest BCUT2D eigenvalue weighted by Gasteiger charge is -2.36. The molecule has 116 valence electrons. The molecule has 0 radical (unpaired) electrons. The van der Waals surface area contributed by atoms with Gasteiger partial charge in [0.1, 0.15) is 0 Å². The minimum Gasteiger partial charge on any atom is -0.340 e. The fourth-order valence-corrected chi connectivity index (χ4v) is 2.97. The standard InChI is InChI=1S/C17H27N3O/c1-2-16(15-7-4-3-5-8-15)17(21)20-13-11-19(12-14-20)10-6-9-18/h3-5,7-8,16H,2,6,9-14,18H2,1H3. The van der Waals surface area contributed by atoms with Crippen LogP contribution in [0.2, 0.25) is 0 Å².